The quantitative estimate of drug-likeness (QED) is 0.0906. The second-order valence-corrected chi connectivity index (χ2v) is 22.6. The summed E-state index contributed by atoms with van der Waals surface area (Å²) < 4.78 is 48.5. The molecular formula is C59H79BrO16. The van der Waals surface area contributed by atoms with E-state index in [-0.39, 0.29) is 84.0 Å². The molecule has 0 aromatic rings. The zero-order valence-electron chi connectivity index (χ0n) is 45.5. The maximum Gasteiger partial charge on any atom is 0.335 e. The smallest absolute Gasteiger partial charge is 0.335 e. The Morgan fingerprint density at radius 2 is 1.01 bits per heavy atom. The monoisotopic (exact) mass is 1120 g/mol. The molecule has 4 aliphatic heterocycles. The number of carbonyl (C=O) groups excluding carboxylic acids is 4. The van der Waals surface area contributed by atoms with Crippen LogP contribution in [0, 0.1) is 59.2 Å². The first-order valence-corrected chi connectivity index (χ1v) is 28.6. The van der Waals surface area contributed by atoms with E-state index in [1.54, 1.807) is 26.0 Å². The van der Waals surface area contributed by atoms with Crippen molar-refractivity contribution in [3.8, 4) is 0 Å². The number of ether oxygens (including phenoxy) is 8. The summed E-state index contributed by atoms with van der Waals surface area (Å²) in [7, 11) is 2.94. The third kappa shape index (κ3) is 10.0. The van der Waals surface area contributed by atoms with E-state index in [0.717, 1.165) is 11.1 Å². The molecule has 1 unspecified atom stereocenters. The molecule has 10 aliphatic rings. The van der Waals surface area contributed by atoms with E-state index in [1.165, 1.54) is 14.2 Å². The Morgan fingerprint density at radius 1 is 0.645 bits per heavy atom. The Balaban J connectivity index is 0.000000195. The van der Waals surface area contributed by atoms with Crippen molar-refractivity contribution in [2.45, 2.75) is 166 Å². The third-order valence-electron chi connectivity index (χ3n) is 18.3. The normalized spacial score (nSPS) is 45.7. The highest BCUT2D eigenvalue weighted by molar-refractivity contribution is 9.08. The van der Waals surface area contributed by atoms with Crippen LogP contribution in [0.15, 0.2) is 95.2 Å². The van der Waals surface area contributed by atoms with E-state index in [0.29, 0.717) is 24.0 Å². The number of rotatable bonds is 8. The number of carbonyl (C=O) groups is 4. The van der Waals surface area contributed by atoms with Crippen LogP contribution in [-0.2, 0) is 57.1 Å². The number of hydrogen-bond acceptors (Lipinski definition) is 16. The van der Waals surface area contributed by atoms with Gasteiger partial charge in [-0.05, 0) is 70.4 Å². The predicted octanol–water partition coefficient (Wildman–Crippen LogP) is 6.30. The molecule has 2 spiro atoms. The van der Waals surface area contributed by atoms with E-state index in [9.17, 15) is 39.6 Å². The number of aliphatic hydroxyl groups excluding tert-OH is 4. The second-order valence-electron chi connectivity index (χ2n) is 22.6. The van der Waals surface area contributed by atoms with Crippen LogP contribution in [0.1, 0.15) is 81.1 Å². The van der Waals surface area contributed by atoms with Crippen LogP contribution in [0.4, 0.5) is 0 Å². The number of esters is 4. The summed E-state index contributed by atoms with van der Waals surface area (Å²) in [6, 6.07) is 0. The maximum absolute atomic E-state index is 13.1. The van der Waals surface area contributed by atoms with Crippen LogP contribution in [0.2, 0.25) is 0 Å². The van der Waals surface area contributed by atoms with Gasteiger partial charge in [-0.25, -0.2) is 19.2 Å². The van der Waals surface area contributed by atoms with Gasteiger partial charge in [0.25, 0.3) is 0 Å². The van der Waals surface area contributed by atoms with Crippen molar-refractivity contribution in [2.24, 2.45) is 59.2 Å². The number of methoxy groups -OCH3 is 2. The van der Waals surface area contributed by atoms with Gasteiger partial charge in [0, 0.05) is 84.5 Å². The molecule has 6 aliphatic carbocycles. The fraction of sp³-hybridized carbons (Fsp3) is 0.661. The second kappa shape index (κ2) is 23.3. The standard InChI is InChI=1S/2C29H38O8.CH3Br/c2*1-14-12-15(2)29-19(13-21(34-5)28(33)35-24(14)17(4)30)10-11-20-22(29)23(31)16(3)25(26(20)37-29)36-27(32)18-8-6-7-9-18;1-2/h2*6-8,10-12,14,16-17,19-26,30-31H,9,13H2,1-5H3;1H3/b2*15-12+;/t14-,16-,17-,19?,20-,21+,22+,23-,24+,25-,26-,29+;14-,16-,17-,19-,20-,21+,22+,23-,24+,25-,26-,29+;/m11./s1. The Morgan fingerprint density at radius 3 is 1.33 bits per heavy atom. The number of aliphatic hydroxyl groups is 4. The SMILES string of the molecule is CBr.CO[C@H]1CC2C=C[C@H]3[C@H]4O[C@]2(/C(C)=C/[C@@H](C)[C@@H]([C@@H](C)O)OC1=O)[C@@H]3[C@H](O)[C@@H](C)[C@H]4OC(=O)C1=CC=CC1.CO[C@H]1C[C@H]2C=C[C@H]3[C@H]4O[C@]2(/C(C)=C/[C@@H](C)[C@@H]([C@@H](C)O)OC1=O)[C@@H]3[C@H](O)[C@@H](C)[C@H]4OC(=O)C1=CC=CC1. The molecular weight excluding hydrogens is 1040 g/mol. The largest absolute Gasteiger partial charge is 0.457 e. The average molecular weight is 1120 g/mol. The molecule has 8 bridgehead atoms. The zero-order chi connectivity index (χ0) is 55.3. The Hall–Kier alpha value is -4.04. The van der Waals surface area contributed by atoms with Crippen molar-refractivity contribution in [3.63, 3.8) is 0 Å². The molecule has 0 aromatic carbocycles. The summed E-state index contributed by atoms with van der Waals surface area (Å²) in [5, 5.41) is 44.2. The fourth-order valence-electron chi connectivity index (χ4n) is 14.6. The molecule has 0 amide bonds. The predicted molar refractivity (Wildman–Crippen MR) is 283 cm³/mol. The summed E-state index contributed by atoms with van der Waals surface area (Å²) in [5.74, 6) is -2.76. The molecule has 10 rings (SSSR count). The molecule has 0 aromatic heterocycles. The van der Waals surface area contributed by atoms with Gasteiger partial charge >= 0.3 is 23.9 Å². The summed E-state index contributed by atoms with van der Waals surface area (Å²) in [5.41, 5.74) is 1.16. The maximum atomic E-state index is 13.1. The van der Waals surface area contributed by atoms with Crippen molar-refractivity contribution in [2.75, 3.05) is 20.1 Å². The lowest BCUT2D eigenvalue weighted by atomic mass is 9.57. The first-order valence-electron chi connectivity index (χ1n) is 27.0. The lowest BCUT2D eigenvalue weighted by molar-refractivity contribution is -0.173. The van der Waals surface area contributed by atoms with Gasteiger partial charge in [-0.2, -0.15) is 0 Å². The molecule has 16 nitrogen and oxygen atoms in total. The Kier molecular flexibility index (Phi) is 17.9. The third-order valence-corrected chi connectivity index (χ3v) is 18.3. The molecule has 418 valence electrons. The van der Waals surface area contributed by atoms with E-state index < -0.39 is 96.4 Å². The minimum Gasteiger partial charge on any atom is -0.457 e. The first kappa shape index (κ1) is 58.1. The van der Waals surface area contributed by atoms with Crippen molar-refractivity contribution in [1.29, 1.82) is 0 Å². The zero-order valence-corrected chi connectivity index (χ0v) is 47.1. The van der Waals surface area contributed by atoms with E-state index >= 15 is 0 Å². The van der Waals surface area contributed by atoms with E-state index in [1.807, 2.05) is 83.8 Å². The van der Waals surface area contributed by atoms with Gasteiger partial charge in [-0.3, -0.25) is 0 Å². The summed E-state index contributed by atoms with van der Waals surface area (Å²) in [6.45, 7) is 14.8. The van der Waals surface area contributed by atoms with Crippen molar-refractivity contribution >= 4 is 39.8 Å². The van der Waals surface area contributed by atoms with Crippen LogP contribution in [0.3, 0.4) is 0 Å². The highest BCUT2D eigenvalue weighted by atomic mass is 79.9. The van der Waals surface area contributed by atoms with Gasteiger partial charge in [-0.15, -0.1) is 0 Å². The summed E-state index contributed by atoms with van der Waals surface area (Å²) >= 11 is 2.94. The summed E-state index contributed by atoms with van der Waals surface area (Å²) in [6.07, 6.45) is 16.1. The summed E-state index contributed by atoms with van der Waals surface area (Å²) in [4.78, 5) is 52.0. The van der Waals surface area contributed by atoms with Gasteiger partial charge < -0.3 is 58.3 Å². The average Bonchev–Trinajstić information content (AvgIpc) is 4.35. The fourth-order valence-corrected chi connectivity index (χ4v) is 14.6. The Bertz CT molecular complexity index is 2290. The van der Waals surface area contributed by atoms with Gasteiger partial charge in [0.1, 0.15) is 47.8 Å². The Labute approximate surface area is 455 Å². The van der Waals surface area contributed by atoms with Crippen LogP contribution < -0.4 is 0 Å². The number of allylic oxidation sites excluding steroid dienone is 6. The minimum absolute atomic E-state index is 0.155. The molecule has 2 saturated heterocycles. The molecule has 4 N–H and O–H groups in total. The van der Waals surface area contributed by atoms with Crippen LogP contribution in [-0.4, -0.2) is 149 Å². The van der Waals surface area contributed by atoms with Gasteiger partial charge in [0.05, 0.1) is 24.4 Å². The van der Waals surface area contributed by atoms with Crippen molar-refractivity contribution < 1.29 is 77.5 Å². The molecule has 4 heterocycles. The lowest BCUT2D eigenvalue weighted by Gasteiger charge is -2.48. The topological polar surface area (TPSA) is 223 Å². The molecule has 2 saturated carbocycles. The highest BCUT2D eigenvalue weighted by Gasteiger charge is 2.71. The van der Waals surface area contributed by atoms with Crippen LogP contribution in [0.5, 0.6) is 0 Å². The molecule has 17 heteroatoms. The van der Waals surface area contributed by atoms with Gasteiger partial charge in [0.15, 0.2) is 12.2 Å². The van der Waals surface area contributed by atoms with Gasteiger partial charge in [-0.1, -0.05) is 117 Å². The number of cyclic esters (lactones) is 2. The van der Waals surface area contributed by atoms with Gasteiger partial charge in [0.2, 0.25) is 0 Å². The van der Waals surface area contributed by atoms with Crippen molar-refractivity contribution in [3.05, 3.63) is 95.2 Å². The first-order chi connectivity index (χ1) is 36.2. The minimum atomic E-state index is -0.918. The van der Waals surface area contributed by atoms with Crippen LogP contribution >= 0.6 is 15.9 Å². The van der Waals surface area contributed by atoms with Crippen LogP contribution in [0.25, 0.3) is 0 Å². The van der Waals surface area contributed by atoms with E-state index in [2.05, 4.69) is 40.2 Å². The number of halogens is 1. The molecule has 76 heavy (non-hydrogen) atoms. The molecule has 24 atom stereocenters. The number of alkyl halides is 1. The highest BCUT2D eigenvalue weighted by Crippen LogP contribution is 2.63. The molecule has 0 radical (unpaired) electrons. The number of hydrogen-bond donors (Lipinski definition) is 4. The van der Waals surface area contributed by atoms with Crippen molar-refractivity contribution in [1.82, 2.24) is 0 Å². The molecule has 4 fully saturated rings. The van der Waals surface area contributed by atoms with E-state index in [4.69, 9.17) is 37.9 Å². The lowest BCUT2D eigenvalue weighted by Crippen LogP contribution is -2.57.